The van der Waals surface area contributed by atoms with Gasteiger partial charge in [-0.05, 0) is 46.5 Å². The maximum atomic E-state index is 12.3. The quantitative estimate of drug-likeness (QED) is 0.588. The number of carbonyl (C=O) groups excluding carboxylic acids is 2. The lowest BCUT2D eigenvalue weighted by molar-refractivity contribution is -0.146. The molecular formula is C15H25NO4. The van der Waals surface area contributed by atoms with E-state index < -0.39 is 17.7 Å². The van der Waals surface area contributed by atoms with Gasteiger partial charge in [-0.15, -0.1) is 6.58 Å². The minimum atomic E-state index is -0.580. The summed E-state index contributed by atoms with van der Waals surface area (Å²) in [4.78, 5) is 25.7. The van der Waals surface area contributed by atoms with Gasteiger partial charge in [0.25, 0.3) is 0 Å². The van der Waals surface area contributed by atoms with Gasteiger partial charge in [-0.2, -0.15) is 0 Å². The molecule has 0 spiro atoms. The van der Waals surface area contributed by atoms with Crippen LogP contribution in [0.4, 0.5) is 4.79 Å². The molecule has 1 saturated heterocycles. The molecule has 1 fully saturated rings. The molecule has 0 bridgehead atoms. The van der Waals surface area contributed by atoms with Gasteiger partial charge in [-0.25, -0.2) is 9.59 Å². The molecule has 0 N–H and O–H groups in total. The van der Waals surface area contributed by atoms with Gasteiger partial charge in [0.05, 0.1) is 7.11 Å². The van der Waals surface area contributed by atoms with Crippen LogP contribution in [0.3, 0.4) is 0 Å². The zero-order valence-electron chi connectivity index (χ0n) is 12.8. The molecule has 1 heterocycles. The Morgan fingerprint density at radius 3 is 2.50 bits per heavy atom. The van der Waals surface area contributed by atoms with Crippen molar-refractivity contribution in [1.29, 1.82) is 0 Å². The first-order chi connectivity index (χ1) is 9.30. The Labute approximate surface area is 120 Å². The van der Waals surface area contributed by atoms with Crippen molar-refractivity contribution in [2.75, 3.05) is 7.11 Å². The van der Waals surface area contributed by atoms with Gasteiger partial charge >= 0.3 is 12.1 Å². The molecule has 5 heteroatoms. The van der Waals surface area contributed by atoms with Gasteiger partial charge in [0.15, 0.2) is 0 Å². The van der Waals surface area contributed by atoms with E-state index in [9.17, 15) is 9.59 Å². The molecular weight excluding hydrogens is 258 g/mol. The molecule has 1 unspecified atom stereocenters. The van der Waals surface area contributed by atoms with Crippen LogP contribution in [0.2, 0.25) is 0 Å². The van der Waals surface area contributed by atoms with Crippen molar-refractivity contribution in [3.05, 3.63) is 12.7 Å². The summed E-state index contributed by atoms with van der Waals surface area (Å²) >= 11 is 0. The van der Waals surface area contributed by atoms with Crippen LogP contribution in [-0.4, -0.2) is 41.8 Å². The molecule has 1 amide bonds. The SMILES string of the molecule is C=CCCC1CC[C@@H](C(=O)OC)N1C(=O)OC(C)(C)C. The first-order valence-electron chi connectivity index (χ1n) is 7.00. The summed E-state index contributed by atoms with van der Waals surface area (Å²) in [5.41, 5.74) is -0.580. The van der Waals surface area contributed by atoms with E-state index >= 15 is 0 Å². The fourth-order valence-electron chi connectivity index (χ4n) is 2.43. The van der Waals surface area contributed by atoms with Crippen LogP contribution in [0.5, 0.6) is 0 Å². The fraction of sp³-hybridized carbons (Fsp3) is 0.733. The third kappa shape index (κ3) is 4.25. The largest absolute Gasteiger partial charge is 0.467 e. The molecule has 0 aliphatic carbocycles. The smallest absolute Gasteiger partial charge is 0.411 e. The molecule has 0 radical (unpaired) electrons. The summed E-state index contributed by atoms with van der Waals surface area (Å²) in [5.74, 6) is -0.378. The fourth-order valence-corrected chi connectivity index (χ4v) is 2.43. The number of allylic oxidation sites excluding steroid dienone is 1. The third-order valence-corrected chi connectivity index (χ3v) is 3.28. The molecule has 1 aliphatic heterocycles. The molecule has 1 rings (SSSR count). The Kier molecular flexibility index (Phi) is 5.60. The zero-order chi connectivity index (χ0) is 15.3. The van der Waals surface area contributed by atoms with Crippen LogP contribution in [-0.2, 0) is 14.3 Å². The highest BCUT2D eigenvalue weighted by Gasteiger charge is 2.42. The average Bonchev–Trinajstić information content (AvgIpc) is 2.77. The molecule has 0 aromatic heterocycles. The number of rotatable bonds is 4. The van der Waals surface area contributed by atoms with Crippen LogP contribution >= 0.6 is 0 Å². The summed E-state index contributed by atoms with van der Waals surface area (Å²) in [7, 11) is 1.34. The second-order valence-electron chi connectivity index (χ2n) is 6.02. The minimum absolute atomic E-state index is 0.00644. The van der Waals surface area contributed by atoms with E-state index in [1.165, 1.54) is 7.11 Å². The maximum absolute atomic E-state index is 12.3. The number of amides is 1. The van der Waals surface area contributed by atoms with Crippen molar-refractivity contribution in [2.45, 2.75) is 64.1 Å². The predicted octanol–water partition coefficient (Wildman–Crippen LogP) is 2.89. The summed E-state index contributed by atoms with van der Waals surface area (Å²) in [6.45, 7) is 9.13. The first-order valence-corrected chi connectivity index (χ1v) is 7.00. The van der Waals surface area contributed by atoms with Gasteiger partial charge in [-0.3, -0.25) is 4.90 Å². The normalized spacial score (nSPS) is 22.5. The lowest BCUT2D eigenvalue weighted by Crippen LogP contribution is -2.47. The van der Waals surface area contributed by atoms with E-state index in [1.807, 2.05) is 26.8 Å². The van der Waals surface area contributed by atoms with Crippen molar-refractivity contribution >= 4 is 12.1 Å². The Morgan fingerprint density at radius 2 is 2.00 bits per heavy atom. The monoisotopic (exact) mass is 283 g/mol. The lowest BCUT2D eigenvalue weighted by atomic mass is 10.1. The zero-order valence-corrected chi connectivity index (χ0v) is 12.8. The van der Waals surface area contributed by atoms with Crippen LogP contribution in [0, 0.1) is 0 Å². The van der Waals surface area contributed by atoms with E-state index in [2.05, 4.69) is 6.58 Å². The molecule has 0 aromatic rings. The molecule has 114 valence electrons. The summed E-state index contributed by atoms with van der Waals surface area (Å²) in [6, 6.07) is -0.531. The van der Waals surface area contributed by atoms with Crippen LogP contribution < -0.4 is 0 Å². The predicted molar refractivity (Wildman–Crippen MR) is 76.3 cm³/mol. The van der Waals surface area contributed by atoms with Gasteiger partial charge < -0.3 is 9.47 Å². The minimum Gasteiger partial charge on any atom is -0.467 e. The van der Waals surface area contributed by atoms with Crippen molar-refractivity contribution < 1.29 is 19.1 Å². The van der Waals surface area contributed by atoms with Crippen LogP contribution in [0.25, 0.3) is 0 Å². The van der Waals surface area contributed by atoms with E-state index in [1.54, 1.807) is 4.90 Å². The summed E-state index contributed by atoms with van der Waals surface area (Å²) < 4.78 is 10.2. The molecule has 0 saturated carbocycles. The Bertz CT molecular complexity index is 373. The van der Waals surface area contributed by atoms with Crippen LogP contribution in [0.15, 0.2) is 12.7 Å². The standard InChI is InChI=1S/C15H25NO4/c1-6-7-8-11-9-10-12(13(17)19-5)16(11)14(18)20-15(2,3)4/h6,11-12H,1,7-10H2,2-5H3/t11?,12-/m0/s1. The second-order valence-corrected chi connectivity index (χ2v) is 6.02. The molecule has 0 aromatic carbocycles. The highest BCUT2D eigenvalue weighted by Crippen LogP contribution is 2.30. The molecule has 20 heavy (non-hydrogen) atoms. The Balaban J connectivity index is 2.86. The molecule has 2 atom stereocenters. The number of nitrogens with zero attached hydrogens (tertiary/aromatic N) is 1. The number of esters is 1. The highest BCUT2D eigenvalue weighted by molar-refractivity contribution is 5.82. The van der Waals surface area contributed by atoms with E-state index in [4.69, 9.17) is 9.47 Å². The summed E-state index contributed by atoms with van der Waals surface area (Å²) in [6.07, 6.45) is 4.37. The number of likely N-dealkylation sites (tertiary alicyclic amines) is 1. The van der Waals surface area contributed by atoms with Gasteiger partial charge in [0.2, 0.25) is 0 Å². The lowest BCUT2D eigenvalue weighted by Gasteiger charge is -2.31. The highest BCUT2D eigenvalue weighted by atomic mass is 16.6. The number of hydrogen-bond acceptors (Lipinski definition) is 4. The van der Waals surface area contributed by atoms with Crippen molar-refractivity contribution in [1.82, 2.24) is 4.90 Å². The van der Waals surface area contributed by atoms with Crippen molar-refractivity contribution in [3.63, 3.8) is 0 Å². The molecule has 1 aliphatic rings. The van der Waals surface area contributed by atoms with E-state index in [0.29, 0.717) is 6.42 Å². The third-order valence-electron chi connectivity index (χ3n) is 3.28. The first kappa shape index (κ1) is 16.5. The number of methoxy groups -OCH3 is 1. The number of ether oxygens (including phenoxy) is 2. The van der Waals surface area contributed by atoms with Gasteiger partial charge in [-0.1, -0.05) is 6.08 Å². The summed E-state index contributed by atoms with van der Waals surface area (Å²) in [5, 5.41) is 0. The molecule has 5 nitrogen and oxygen atoms in total. The van der Waals surface area contributed by atoms with Gasteiger partial charge in [0, 0.05) is 6.04 Å². The van der Waals surface area contributed by atoms with Crippen molar-refractivity contribution in [3.8, 4) is 0 Å². The average molecular weight is 283 g/mol. The number of carbonyl (C=O) groups is 2. The Hall–Kier alpha value is -1.52. The van der Waals surface area contributed by atoms with Crippen LogP contribution in [0.1, 0.15) is 46.5 Å². The second kappa shape index (κ2) is 6.77. The maximum Gasteiger partial charge on any atom is 0.411 e. The number of hydrogen-bond donors (Lipinski definition) is 0. The topological polar surface area (TPSA) is 55.8 Å². The van der Waals surface area contributed by atoms with Gasteiger partial charge in [0.1, 0.15) is 11.6 Å². The van der Waals surface area contributed by atoms with E-state index in [-0.39, 0.29) is 12.0 Å². The van der Waals surface area contributed by atoms with Crippen molar-refractivity contribution in [2.24, 2.45) is 0 Å². The van der Waals surface area contributed by atoms with E-state index in [0.717, 1.165) is 19.3 Å². The Morgan fingerprint density at radius 1 is 1.35 bits per heavy atom.